The molecule has 0 N–H and O–H groups in total. The minimum atomic E-state index is -0.907. The summed E-state index contributed by atoms with van der Waals surface area (Å²) in [6, 6.07) is 20.5. The Morgan fingerprint density at radius 2 is 1.61 bits per heavy atom. The van der Waals surface area contributed by atoms with E-state index in [0.29, 0.717) is 11.3 Å². The van der Waals surface area contributed by atoms with Gasteiger partial charge in [-0.25, -0.2) is 9.18 Å². The van der Waals surface area contributed by atoms with Crippen molar-refractivity contribution >= 4 is 17.4 Å². The fourth-order valence-electron chi connectivity index (χ4n) is 2.52. The molecule has 0 aromatic heterocycles. The fourth-order valence-corrected chi connectivity index (χ4v) is 2.52. The Morgan fingerprint density at radius 1 is 0.964 bits per heavy atom. The SMILES string of the molecule is O=C(O/N=C(\Cc1ccc([N+](=O)[O-])cc1)c1ccccc1)c1ccccc1F. The molecule has 0 spiro atoms. The Hall–Kier alpha value is -3.87. The van der Waals surface area contributed by atoms with Gasteiger partial charge in [-0.05, 0) is 23.3 Å². The number of benzene rings is 3. The molecular weight excluding hydrogens is 363 g/mol. The van der Waals surface area contributed by atoms with Crippen LogP contribution in [0.5, 0.6) is 0 Å². The molecule has 0 heterocycles. The Balaban J connectivity index is 1.85. The van der Waals surface area contributed by atoms with Gasteiger partial charge < -0.3 is 4.84 Å². The van der Waals surface area contributed by atoms with Gasteiger partial charge in [0.1, 0.15) is 5.82 Å². The summed E-state index contributed by atoms with van der Waals surface area (Å²) in [5.41, 5.74) is 1.65. The van der Waals surface area contributed by atoms with E-state index in [-0.39, 0.29) is 17.7 Å². The van der Waals surface area contributed by atoms with Crippen molar-refractivity contribution in [2.75, 3.05) is 0 Å². The topological polar surface area (TPSA) is 81.8 Å². The lowest BCUT2D eigenvalue weighted by Crippen LogP contribution is -2.10. The Bertz CT molecular complexity index is 1020. The highest BCUT2D eigenvalue weighted by molar-refractivity contribution is 6.02. The number of halogens is 1. The van der Waals surface area contributed by atoms with Crippen LogP contribution in [0, 0.1) is 15.9 Å². The Morgan fingerprint density at radius 3 is 2.25 bits per heavy atom. The van der Waals surface area contributed by atoms with Gasteiger partial charge in [-0.15, -0.1) is 0 Å². The Kier molecular flexibility index (Phi) is 5.86. The number of nitro benzene ring substituents is 1. The number of carbonyl (C=O) groups excluding carboxylic acids is 1. The molecule has 140 valence electrons. The monoisotopic (exact) mass is 378 g/mol. The summed E-state index contributed by atoms with van der Waals surface area (Å²) in [5, 5.41) is 14.7. The smallest absolute Gasteiger partial charge is 0.312 e. The van der Waals surface area contributed by atoms with Crippen LogP contribution < -0.4 is 0 Å². The molecule has 0 aliphatic carbocycles. The van der Waals surface area contributed by atoms with Crippen molar-refractivity contribution in [3.05, 3.63) is 111 Å². The van der Waals surface area contributed by atoms with Gasteiger partial charge in [0.15, 0.2) is 0 Å². The third kappa shape index (κ3) is 4.64. The zero-order valence-corrected chi connectivity index (χ0v) is 14.6. The molecule has 3 aromatic rings. The summed E-state index contributed by atoms with van der Waals surface area (Å²) in [4.78, 5) is 27.4. The number of non-ortho nitro benzene ring substituents is 1. The van der Waals surface area contributed by atoms with E-state index in [4.69, 9.17) is 4.84 Å². The fraction of sp³-hybridized carbons (Fsp3) is 0.0476. The van der Waals surface area contributed by atoms with Crippen LogP contribution in [0.3, 0.4) is 0 Å². The third-order valence-corrected chi connectivity index (χ3v) is 3.96. The second-order valence-electron chi connectivity index (χ2n) is 5.86. The van der Waals surface area contributed by atoms with Gasteiger partial charge in [-0.2, -0.15) is 0 Å². The highest BCUT2D eigenvalue weighted by atomic mass is 19.1. The molecule has 0 saturated heterocycles. The highest BCUT2D eigenvalue weighted by Crippen LogP contribution is 2.15. The lowest BCUT2D eigenvalue weighted by molar-refractivity contribution is -0.384. The molecule has 0 aliphatic heterocycles. The largest absolute Gasteiger partial charge is 0.368 e. The van der Waals surface area contributed by atoms with Crippen LogP contribution >= 0.6 is 0 Å². The van der Waals surface area contributed by atoms with E-state index >= 15 is 0 Å². The summed E-state index contributed by atoms with van der Waals surface area (Å²) in [6.07, 6.45) is 0.270. The van der Waals surface area contributed by atoms with Crippen molar-refractivity contribution in [2.45, 2.75) is 6.42 Å². The average molecular weight is 378 g/mol. The lowest BCUT2D eigenvalue weighted by atomic mass is 10.0. The number of hydrogen-bond donors (Lipinski definition) is 0. The van der Waals surface area contributed by atoms with Crippen molar-refractivity contribution in [1.29, 1.82) is 0 Å². The predicted molar refractivity (Wildman–Crippen MR) is 102 cm³/mol. The average Bonchev–Trinajstić information content (AvgIpc) is 2.72. The molecule has 28 heavy (non-hydrogen) atoms. The van der Waals surface area contributed by atoms with Crippen LogP contribution in [0.2, 0.25) is 0 Å². The second-order valence-corrected chi connectivity index (χ2v) is 5.86. The van der Waals surface area contributed by atoms with E-state index in [1.54, 1.807) is 36.4 Å². The summed E-state index contributed by atoms with van der Waals surface area (Å²) in [7, 11) is 0. The molecule has 0 radical (unpaired) electrons. The minimum absolute atomic E-state index is 0.0204. The van der Waals surface area contributed by atoms with Crippen LogP contribution in [-0.4, -0.2) is 16.6 Å². The van der Waals surface area contributed by atoms with Gasteiger partial charge in [0.05, 0.1) is 16.2 Å². The minimum Gasteiger partial charge on any atom is -0.312 e. The first-order chi connectivity index (χ1) is 13.5. The van der Waals surface area contributed by atoms with Gasteiger partial charge in [-0.3, -0.25) is 10.1 Å². The molecule has 6 nitrogen and oxygen atoms in total. The summed E-state index contributed by atoms with van der Waals surface area (Å²) in [5.74, 6) is -1.60. The van der Waals surface area contributed by atoms with Gasteiger partial charge in [-0.1, -0.05) is 59.8 Å². The van der Waals surface area contributed by atoms with E-state index < -0.39 is 16.7 Å². The molecule has 0 fully saturated rings. The molecule has 7 heteroatoms. The standard InChI is InChI=1S/C21H15FN2O4/c22-19-9-5-4-8-18(19)21(25)28-23-20(16-6-2-1-3-7-16)14-15-10-12-17(13-11-15)24(26)27/h1-13H,14H2/b23-20+. The maximum Gasteiger partial charge on any atom is 0.368 e. The zero-order chi connectivity index (χ0) is 19.9. The zero-order valence-electron chi connectivity index (χ0n) is 14.6. The van der Waals surface area contributed by atoms with Crippen LogP contribution in [-0.2, 0) is 11.3 Å². The number of carbonyl (C=O) groups is 1. The first-order valence-electron chi connectivity index (χ1n) is 8.36. The van der Waals surface area contributed by atoms with E-state index in [1.807, 2.05) is 6.07 Å². The quantitative estimate of drug-likeness (QED) is 0.273. The van der Waals surface area contributed by atoms with E-state index in [9.17, 15) is 19.3 Å². The lowest BCUT2D eigenvalue weighted by Gasteiger charge is -2.07. The van der Waals surface area contributed by atoms with Crippen molar-refractivity contribution in [1.82, 2.24) is 0 Å². The summed E-state index contributed by atoms with van der Waals surface area (Å²) < 4.78 is 13.7. The first-order valence-corrected chi connectivity index (χ1v) is 8.36. The number of hydrogen-bond acceptors (Lipinski definition) is 5. The third-order valence-electron chi connectivity index (χ3n) is 3.96. The van der Waals surface area contributed by atoms with Gasteiger partial charge in [0.2, 0.25) is 0 Å². The van der Waals surface area contributed by atoms with Crippen molar-refractivity contribution in [2.24, 2.45) is 5.16 Å². The summed E-state index contributed by atoms with van der Waals surface area (Å²) in [6.45, 7) is 0. The number of rotatable bonds is 6. The molecule has 3 aromatic carbocycles. The van der Waals surface area contributed by atoms with Crippen molar-refractivity contribution in [3.63, 3.8) is 0 Å². The van der Waals surface area contributed by atoms with Crippen LogP contribution in [0.1, 0.15) is 21.5 Å². The molecule has 0 aliphatic rings. The molecule has 0 amide bonds. The first kappa shape index (κ1) is 18.9. The maximum atomic E-state index is 13.7. The van der Waals surface area contributed by atoms with E-state index in [2.05, 4.69) is 5.16 Å². The van der Waals surface area contributed by atoms with Crippen molar-refractivity contribution < 1.29 is 18.9 Å². The van der Waals surface area contributed by atoms with Gasteiger partial charge >= 0.3 is 5.97 Å². The number of nitro groups is 1. The van der Waals surface area contributed by atoms with Gasteiger partial charge in [0.25, 0.3) is 5.69 Å². The van der Waals surface area contributed by atoms with E-state index in [1.165, 1.54) is 30.3 Å². The summed E-state index contributed by atoms with van der Waals surface area (Å²) >= 11 is 0. The molecular formula is C21H15FN2O4. The second kappa shape index (κ2) is 8.68. The number of nitrogens with zero attached hydrogens (tertiary/aromatic N) is 2. The molecule has 3 rings (SSSR count). The Labute approximate surface area is 160 Å². The van der Waals surface area contributed by atoms with Crippen LogP contribution in [0.25, 0.3) is 0 Å². The maximum absolute atomic E-state index is 13.7. The van der Waals surface area contributed by atoms with E-state index in [0.717, 1.165) is 11.6 Å². The highest BCUT2D eigenvalue weighted by Gasteiger charge is 2.14. The molecule has 0 unspecified atom stereocenters. The normalized spacial score (nSPS) is 11.1. The molecule has 0 bridgehead atoms. The van der Waals surface area contributed by atoms with Crippen LogP contribution in [0.15, 0.2) is 84.0 Å². The van der Waals surface area contributed by atoms with Gasteiger partial charge in [0, 0.05) is 18.6 Å². The molecule has 0 saturated carbocycles. The van der Waals surface area contributed by atoms with Crippen molar-refractivity contribution in [3.8, 4) is 0 Å². The predicted octanol–water partition coefficient (Wildman–Crippen LogP) is 4.54. The van der Waals surface area contributed by atoms with Crippen LogP contribution in [0.4, 0.5) is 10.1 Å². The molecule has 0 atom stereocenters. The number of oxime groups is 1.